The number of aromatic amines is 1. The number of nitrogens with one attached hydrogen (secondary N) is 5. The summed E-state index contributed by atoms with van der Waals surface area (Å²) in [5.41, 5.74) is 1.66. The van der Waals surface area contributed by atoms with Crippen LogP contribution in [0.25, 0.3) is 10.9 Å². The quantitative estimate of drug-likeness (QED) is 0.104. The third kappa shape index (κ3) is 8.65. The number of nitrogens with zero attached hydrogens (tertiary/aromatic N) is 2. The molecule has 1 aliphatic carbocycles. The van der Waals surface area contributed by atoms with Crippen LogP contribution in [0.5, 0.6) is 0 Å². The molecule has 2 aromatic heterocycles. The van der Waals surface area contributed by atoms with Gasteiger partial charge in [0.25, 0.3) is 0 Å². The molecule has 1 aliphatic rings. The van der Waals surface area contributed by atoms with Gasteiger partial charge in [-0.1, -0.05) is 99.2 Å². The number of carbonyl (C=O) groups is 4. The zero-order valence-electron chi connectivity index (χ0n) is 29.2. The van der Waals surface area contributed by atoms with Crippen molar-refractivity contribution < 1.29 is 28.3 Å². The second-order valence-electron chi connectivity index (χ2n) is 13.2. The van der Waals surface area contributed by atoms with Gasteiger partial charge in [0.05, 0.1) is 10.5 Å². The minimum Gasteiger partial charge on any atom is -0.445 e. The minimum absolute atomic E-state index is 0.0264. The van der Waals surface area contributed by atoms with E-state index < -0.39 is 35.5 Å². The van der Waals surface area contributed by atoms with Crippen LogP contribution in [-0.4, -0.2) is 50.6 Å². The number of H-pyrrole nitrogens is 1. The van der Waals surface area contributed by atoms with E-state index in [9.17, 15) is 19.2 Å². The van der Waals surface area contributed by atoms with Crippen molar-refractivity contribution >= 4 is 63.9 Å². The molecule has 0 spiro atoms. The van der Waals surface area contributed by atoms with Crippen molar-refractivity contribution in [2.45, 2.75) is 91.0 Å². The van der Waals surface area contributed by atoms with Crippen LogP contribution in [-0.2, 0) is 38.6 Å². The third-order valence-electron chi connectivity index (χ3n) is 9.57. The second-order valence-corrected chi connectivity index (χ2v) is 14.0. The summed E-state index contributed by atoms with van der Waals surface area (Å²) in [6.07, 6.45) is 1.15. The molecule has 0 fully saturated rings. The lowest BCUT2D eigenvalue weighted by molar-refractivity contribution is -0.136. The number of benzene rings is 2. The first-order valence-electron chi connectivity index (χ1n) is 17.0. The zero-order chi connectivity index (χ0) is 36.9. The van der Waals surface area contributed by atoms with Gasteiger partial charge in [0.2, 0.25) is 23.6 Å². The molecule has 0 bridgehead atoms. The molecule has 51 heavy (non-hydrogen) atoms. The number of amides is 4. The van der Waals surface area contributed by atoms with Crippen LogP contribution in [0.2, 0.25) is 10.0 Å². The normalized spacial score (nSPS) is 17.8. The van der Waals surface area contributed by atoms with Gasteiger partial charge >= 0.3 is 12.1 Å². The maximum atomic E-state index is 14.7. The summed E-state index contributed by atoms with van der Waals surface area (Å²) in [5, 5.41) is 21.0. The van der Waals surface area contributed by atoms with E-state index in [0.717, 1.165) is 22.2 Å². The molecule has 0 radical (unpaired) electrons. The molecule has 5 N–H and O–H groups in total. The molecule has 15 heteroatoms. The van der Waals surface area contributed by atoms with Crippen molar-refractivity contribution in [3.05, 3.63) is 75.2 Å². The van der Waals surface area contributed by atoms with Crippen LogP contribution >= 0.6 is 23.2 Å². The molecule has 0 saturated heterocycles. The molecule has 2 unspecified atom stereocenters. The van der Waals surface area contributed by atoms with E-state index in [2.05, 4.69) is 36.4 Å². The van der Waals surface area contributed by atoms with Gasteiger partial charge in [-0.05, 0) is 47.9 Å². The van der Waals surface area contributed by atoms with Gasteiger partial charge in [-0.15, -0.1) is 5.10 Å². The van der Waals surface area contributed by atoms with E-state index in [1.54, 1.807) is 12.1 Å². The summed E-state index contributed by atoms with van der Waals surface area (Å²) in [6.45, 7) is 8.98. The Bertz CT molecular complexity index is 1900. The van der Waals surface area contributed by atoms with Crippen LogP contribution in [0.15, 0.2) is 46.9 Å². The van der Waals surface area contributed by atoms with E-state index in [0.29, 0.717) is 34.8 Å². The Morgan fingerprint density at radius 2 is 1.75 bits per heavy atom. The first-order chi connectivity index (χ1) is 24.3. The molecule has 4 aromatic rings. The predicted octanol–water partition coefficient (Wildman–Crippen LogP) is 6.40. The van der Waals surface area contributed by atoms with Gasteiger partial charge in [-0.25, -0.2) is 4.79 Å². The highest BCUT2D eigenvalue weighted by Gasteiger charge is 2.47. The summed E-state index contributed by atoms with van der Waals surface area (Å²) >= 11 is 13.0. The summed E-state index contributed by atoms with van der Waals surface area (Å²) in [7, 11) is 0. The highest BCUT2D eigenvalue weighted by molar-refractivity contribution is 6.38. The molecule has 13 nitrogen and oxygen atoms in total. The monoisotopic (exact) mass is 739 g/mol. The van der Waals surface area contributed by atoms with E-state index in [1.807, 2.05) is 58.0 Å². The predicted molar refractivity (Wildman–Crippen MR) is 193 cm³/mol. The lowest BCUT2D eigenvalue weighted by Gasteiger charge is -2.39. The summed E-state index contributed by atoms with van der Waals surface area (Å²) in [4.78, 5) is 57.0. The molecule has 272 valence electrons. The summed E-state index contributed by atoms with van der Waals surface area (Å²) in [6, 6.07) is 10.8. The molecule has 2 heterocycles. The fourth-order valence-corrected chi connectivity index (χ4v) is 6.80. The average Bonchev–Trinajstić information content (AvgIpc) is 3.72. The lowest BCUT2D eigenvalue weighted by Crippen LogP contribution is -2.65. The van der Waals surface area contributed by atoms with Gasteiger partial charge in [0.15, 0.2) is 0 Å². The molecule has 5 atom stereocenters. The first-order valence-corrected chi connectivity index (χ1v) is 17.8. The Morgan fingerprint density at radius 3 is 2.43 bits per heavy atom. The Morgan fingerprint density at radius 1 is 1.02 bits per heavy atom. The molecular formula is C36H43Cl2N7O6. The summed E-state index contributed by atoms with van der Waals surface area (Å²) in [5.74, 6) is -1.79. The van der Waals surface area contributed by atoms with Crippen molar-refractivity contribution in [3.8, 4) is 0 Å². The van der Waals surface area contributed by atoms with Gasteiger partial charge in [0.1, 0.15) is 24.2 Å². The topological polar surface area (TPSA) is 180 Å². The number of aryl methyl sites for hydroxylation is 1. The fraction of sp³-hybridized carbons (Fsp3) is 0.444. The number of carbonyl (C=O) groups excluding carboxylic acids is 4. The molecule has 5 rings (SSSR count). The molecular weight excluding hydrogens is 697 g/mol. The number of ether oxygens (including phenoxy) is 1. The highest BCUT2D eigenvalue weighted by atomic mass is 35.5. The Labute approximate surface area is 305 Å². The van der Waals surface area contributed by atoms with Gasteiger partial charge in [0, 0.05) is 29.4 Å². The number of rotatable bonds is 13. The van der Waals surface area contributed by atoms with Gasteiger partial charge in [-0.2, -0.15) is 0 Å². The van der Waals surface area contributed by atoms with E-state index in [4.69, 9.17) is 32.4 Å². The van der Waals surface area contributed by atoms with E-state index in [-0.39, 0.29) is 49.1 Å². The van der Waals surface area contributed by atoms with Gasteiger partial charge in [-0.3, -0.25) is 19.7 Å². The van der Waals surface area contributed by atoms with E-state index in [1.165, 1.54) is 6.92 Å². The van der Waals surface area contributed by atoms with Gasteiger partial charge < -0.3 is 30.1 Å². The van der Waals surface area contributed by atoms with Crippen LogP contribution in [0.1, 0.15) is 82.6 Å². The number of anilines is 1. The number of hydrogen-bond acceptors (Lipinski definition) is 8. The number of hydrogen-bond donors (Lipinski definition) is 5. The molecule has 4 amide bonds. The average molecular weight is 741 g/mol. The smallest absolute Gasteiger partial charge is 0.408 e. The van der Waals surface area contributed by atoms with Crippen molar-refractivity contribution in [2.24, 2.45) is 11.8 Å². The fourth-order valence-electron chi connectivity index (χ4n) is 6.26. The number of halogens is 2. The van der Waals surface area contributed by atoms with E-state index >= 15 is 0 Å². The molecule has 0 aliphatic heterocycles. The van der Waals surface area contributed by atoms with Crippen molar-refractivity contribution in [1.29, 1.82) is 0 Å². The maximum absolute atomic E-state index is 14.7. The standard InChI is InChI=1S/C36H43Cl2N7O6/c1-6-19(3)28(42-35(49)50-18-22-11-9-8-10-12-22)31(47)43-36(14-13-27-25(17-36)24-15-23(37)16-26(38)30(24)40-27)33(48)41-29(20(4)7-2)32-44-45-34(51-32)39-21(5)46/h8-12,15-16,19-20,28-29,40H,6-7,13-14,17-18H2,1-5H3,(H,41,48)(H,42,49)(H,43,47)(H,39,45,46)/t19?,20-,28?,29-,36-/m0/s1. The molecule has 0 saturated carbocycles. The van der Waals surface area contributed by atoms with Crippen LogP contribution < -0.4 is 21.3 Å². The molecule has 2 aromatic carbocycles. The van der Waals surface area contributed by atoms with Crippen LogP contribution in [0.4, 0.5) is 10.8 Å². The number of aromatic nitrogens is 3. The third-order valence-corrected chi connectivity index (χ3v) is 10.1. The SMILES string of the molecule is CCC(C)C(NC(=O)OCc1ccccc1)C(=O)N[C@@]1(C(=O)N[C@H](c2nnc(NC(C)=O)o2)[C@@H](C)CC)CCc2[nH]c3c(Cl)cc(Cl)cc3c2C1. The van der Waals surface area contributed by atoms with Crippen molar-refractivity contribution in [1.82, 2.24) is 31.1 Å². The van der Waals surface area contributed by atoms with Crippen molar-refractivity contribution in [3.63, 3.8) is 0 Å². The zero-order valence-corrected chi connectivity index (χ0v) is 30.7. The van der Waals surface area contributed by atoms with Crippen molar-refractivity contribution in [2.75, 3.05) is 5.32 Å². The lowest BCUT2D eigenvalue weighted by atomic mass is 9.78. The Kier molecular flexibility index (Phi) is 11.9. The largest absolute Gasteiger partial charge is 0.445 e. The Balaban J connectivity index is 1.48. The first kappa shape index (κ1) is 37.6. The minimum atomic E-state index is -1.48. The Hall–Kier alpha value is -4.62. The summed E-state index contributed by atoms with van der Waals surface area (Å²) < 4.78 is 11.2. The van der Waals surface area contributed by atoms with Crippen LogP contribution in [0.3, 0.4) is 0 Å². The second kappa shape index (κ2) is 16.2. The van der Waals surface area contributed by atoms with Crippen LogP contribution in [0, 0.1) is 11.8 Å². The highest BCUT2D eigenvalue weighted by Crippen LogP contribution is 2.39. The maximum Gasteiger partial charge on any atom is 0.408 e. The number of fused-ring (bicyclic) bond motifs is 3. The number of alkyl carbamates (subject to hydrolysis) is 1.